The quantitative estimate of drug-likeness (QED) is 0.444. The third-order valence-electron chi connectivity index (χ3n) is 7.84. The Balaban J connectivity index is 1.57. The molecule has 2 aromatic carbocycles. The standard InChI is InChI=1S/C32H34BrNO5/c1-31(2)13-23-29(25(35)15-31)28(30-24(34(23)17-27(37)38)14-32(3,4)16-26(30)36)20-7-11-22(12-8-20)39-18-19-5-9-21(33)10-6-19/h5-12,28H,13-18H2,1-4H3,(H,37,38)/p-1. The van der Waals surface area contributed by atoms with Gasteiger partial charge in [0.2, 0.25) is 0 Å². The monoisotopic (exact) mass is 590 g/mol. The number of ether oxygens (including phenoxy) is 1. The molecule has 7 heteroatoms. The number of hydrogen-bond acceptors (Lipinski definition) is 6. The Morgan fingerprint density at radius 3 is 1.87 bits per heavy atom. The Bertz CT molecular complexity index is 1350. The van der Waals surface area contributed by atoms with Gasteiger partial charge in [-0.15, -0.1) is 0 Å². The summed E-state index contributed by atoms with van der Waals surface area (Å²) in [6, 6.07) is 15.5. The number of nitrogens with zero attached hydrogens (tertiary/aromatic N) is 1. The van der Waals surface area contributed by atoms with Gasteiger partial charge in [0.15, 0.2) is 11.6 Å². The minimum absolute atomic E-state index is 0.0330. The van der Waals surface area contributed by atoms with Crippen molar-refractivity contribution in [3.63, 3.8) is 0 Å². The molecule has 6 nitrogen and oxygen atoms in total. The second kappa shape index (κ2) is 10.1. The number of carboxylic acids is 1. The molecule has 1 heterocycles. The molecule has 0 spiro atoms. The summed E-state index contributed by atoms with van der Waals surface area (Å²) in [7, 11) is 0. The summed E-state index contributed by atoms with van der Waals surface area (Å²) in [4.78, 5) is 41.0. The average Bonchev–Trinajstić information content (AvgIpc) is 2.83. The van der Waals surface area contributed by atoms with Crippen LogP contribution >= 0.6 is 15.9 Å². The van der Waals surface area contributed by atoms with Crippen LogP contribution in [0.15, 0.2) is 75.5 Å². The zero-order chi connectivity index (χ0) is 28.1. The van der Waals surface area contributed by atoms with Crippen LogP contribution in [0.2, 0.25) is 0 Å². The van der Waals surface area contributed by atoms with E-state index < -0.39 is 11.9 Å². The van der Waals surface area contributed by atoms with Crippen LogP contribution in [0.3, 0.4) is 0 Å². The molecule has 204 valence electrons. The lowest BCUT2D eigenvalue weighted by atomic mass is 9.63. The van der Waals surface area contributed by atoms with Crippen molar-refractivity contribution in [3.05, 3.63) is 86.7 Å². The zero-order valence-corrected chi connectivity index (χ0v) is 24.4. The molecular formula is C32H33BrNO5-. The van der Waals surface area contributed by atoms with E-state index in [4.69, 9.17) is 4.74 Å². The van der Waals surface area contributed by atoms with Gasteiger partial charge >= 0.3 is 0 Å². The number of Topliss-reactive ketones (excluding diaryl/α,β-unsaturated/α-hetero) is 2. The summed E-state index contributed by atoms with van der Waals surface area (Å²) in [5, 5.41) is 11.9. The minimum Gasteiger partial charge on any atom is -0.548 e. The molecule has 3 aliphatic rings. The maximum Gasteiger partial charge on any atom is 0.162 e. The second-order valence-corrected chi connectivity index (χ2v) is 13.4. The molecule has 0 atom stereocenters. The number of carbonyl (C=O) groups is 3. The molecule has 2 aromatic rings. The van der Waals surface area contributed by atoms with E-state index in [-0.39, 0.29) is 28.9 Å². The van der Waals surface area contributed by atoms with Crippen LogP contribution in [-0.2, 0) is 21.0 Å². The predicted octanol–water partition coefficient (Wildman–Crippen LogP) is 5.46. The van der Waals surface area contributed by atoms with Crippen LogP contribution in [0, 0.1) is 10.8 Å². The third kappa shape index (κ3) is 5.60. The van der Waals surface area contributed by atoms with Crippen molar-refractivity contribution in [1.29, 1.82) is 0 Å². The molecule has 1 aliphatic heterocycles. The number of rotatable bonds is 6. The Morgan fingerprint density at radius 1 is 0.872 bits per heavy atom. The van der Waals surface area contributed by atoms with Crippen LogP contribution in [0.25, 0.3) is 0 Å². The average molecular weight is 592 g/mol. The molecule has 0 fully saturated rings. The maximum absolute atomic E-state index is 13.7. The van der Waals surface area contributed by atoms with Gasteiger partial charge in [0.05, 0.1) is 12.5 Å². The van der Waals surface area contributed by atoms with Gasteiger partial charge in [-0.05, 0) is 59.1 Å². The topological polar surface area (TPSA) is 86.7 Å². The van der Waals surface area contributed by atoms with E-state index in [9.17, 15) is 19.5 Å². The smallest absolute Gasteiger partial charge is 0.162 e. The van der Waals surface area contributed by atoms with Crippen molar-refractivity contribution < 1.29 is 24.2 Å². The first-order chi connectivity index (χ1) is 18.3. The van der Waals surface area contributed by atoms with Crippen molar-refractivity contribution in [2.24, 2.45) is 10.8 Å². The number of allylic oxidation sites excluding steroid dienone is 4. The molecule has 0 saturated heterocycles. The first-order valence-corrected chi connectivity index (χ1v) is 14.1. The maximum atomic E-state index is 13.7. The summed E-state index contributed by atoms with van der Waals surface area (Å²) in [6.07, 6.45) is 1.80. The number of hydrogen-bond donors (Lipinski definition) is 0. The Hall–Kier alpha value is -3.19. The SMILES string of the molecule is CC1(C)CC(=O)C2=C(C1)N(CC(=O)[O-])C1=C(C(=O)CC(C)(C)C1)C2c1ccc(OCc2ccc(Br)cc2)cc1. The largest absolute Gasteiger partial charge is 0.548 e. The fourth-order valence-electron chi connectivity index (χ4n) is 6.20. The molecule has 5 rings (SSSR count). The highest BCUT2D eigenvalue weighted by atomic mass is 79.9. The first-order valence-electron chi connectivity index (χ1n) is 13.3. The van der Waals surface area contributed by atoms with Gasteiger partial charge in [-0.25, -0.2) is 0 Å². The minimum atomic E-state index is -1.23. The van der Waals surface area contributed by atoms with Crippen LogP contribution < -0.4 is 9.84 Å². The number of carboxylic acid groups (broad SMARTS) is 1. The van der Waals surface area contributed by atoms with Crippen LogP contribution in [-0.4, -0.2) is 29.0 Å². The highest BCUT2D eigenvalue weighted by molar-refractivity contribution is 9.10. The summed E-state index contributed by atoms with van der Waals surface area (Å²) in [5.41, 5.74) is 3.76. The molecule has 0 saturated carbocycles. The molecule has 0 unspecified atom stereocenters. The highest BCUT2D eigenvalue weighted by Gasteiger charge is 2.48. The van der Waals surface area contributed by atoms with Crippen LogP contribution in [0.5, 0.6) is 5.75 Å². The van der Waals surface area contributed by atoms with Gasteiger partial charge in [-0.2, -0.15) is 0 Å². The third-order valence-corrected chi connectivity index (χ3v) is 8.37. The van der Waals surface area contributed by atoms with E-state index in [0.717, 1.165) is 15.6 Å². The van der Waals surface area contributed by atoms with E-state index in [0.29, 0.717) is 60.6 Å². The lowest BCUT2D eigenvalue weighted by molar-refractivity contribution is -0.305. The first kappa shape index (κ1) is 27.4. The van der Waals surface area contributed by atoms with Crippen molar-refractivity contribution in [3.8, 4) is 5.75 Å². The molecular weight excluding hydrogens is 558 g/mol. The van der Waals surface area contributed by atoms with Crippen LogP contribution in [0.1, 0.15) is 70.4 Å². The number of carbonyl (C=O) groups excluding carboxylic acids is 3. The van der Waals surface area contributed by atoms with Gasteiger partial charge in [-0.1, -0.05) is 67.9 Å². The lowest BCUT2D eigenvalue weighted by Crippen LogP contribution is -2.47. The number of aliphatic carboxylic acids is 1. The van der Waals surface area contributed by atoms with Gasteiger partial charge < -0.3 is 19.5 Å². The molecule has 0 bridgehead atoms. The summed E-state index contributed by atoms with van der Waals surface area (Å²) in [5.74, 6) is -1.14. The molecule has 0 radical (unpaired) electrons. The summed E-state index contributed by atoms with van der Waals surface area (Å²) < 4.78 is 7.00. The molecule has 2 aliphatic carbocycles. The van der Waals surface area contributed by atoms with Gasteiger partial charge in [0.25, 0.3) is 0 Å². The van der Waals surface area contributed by atoms with Gasteiger partial charge in [0.1, 0.15) is 12.4 Å². The molecule has 39 heavy (non-hydrogen) atoms. The van der Waals surface area contributed by atoms with Crippen molar-refractivity contribution >= 4 is 33.5 Å². The number of ketones is 2. The van der Waals surface area contributed by atoms with Gasteiger partial charge in [0, 0.05) is 45.8 Å². The van der Waals surface area contributed by atoms with E-state index in [1.807, 2.05) is 76.2 Å². The fraction of sp³-hybridized carbons (Fsp3) is 0.406. The summed E-state index contributed by atoms with van der Waals surface area (Å²) in [6.45, 7) is 8.15. The predicted molar refractivity (Wildman–Crippen MR) is 149 cm³/mol. The van der Waals surface area contributed by atoms with E-state index in [1.54, 1.807) is 4.90 Å². The van der Waals surface area contributed by atoms with Crippen molar-refractivity contribution in [1.82, 2.24) is 4.90 Å². The van der Waals surface area contributed by atoms with Gasteiger partial charge in [-0.3, -0.25) is 9.59 Å². The van der Waals surface area contributed by atoms with E-state index in [2.05, 4.69) is 15.9 Å². The highest BCUT2D eigenvalue weighted by Crippen LogP contribution is 2.54. The molecule has 0 N–H and O–H groups in total. The normalized spacial score (nSPS) is 20.6. The number of halogens is 1. The van der Waals surface area contributed by atoms with Crippen molar-refractivity contribution in [2.75, 3.05) is 6.54 Å². The number of benzene rings is 2. The Kier molecular flexibility index (Phi) is 7.08. The zero-order valence-electron chi connectivity index (χ0n) is 22.8. The summed E-state index contributed by atoms with van der Waals surface area (Å²) >= 11 is 3.44. The van der Waals surface area contributed by atoms with Crippen LogP contribution in [0.4, 0.5) is 0 Å². The lowest BCUT2D eigenvalue weighted by Gasteiger charge is -2.49. The van der Waals surface area contributed by atoms with Crippen molar-refractivity contribution in [2.45, 2.75) is 65.9 Å². The molecule has 0 aromatic heterocycles. The fourth-order valence-corrected chi connectivity index (χ4v) is 6.47. The molecule has 0 amide bonds. The van der Waals surface area contributed by atoms with E-state index >= 15 is 0 Å². The second-order valence-electron chi connectivity index (χ2n) is 12.5. The Labute approximate surface area is 237 Å². The van der Waals surface area contributed by atoms with E-state index in [1.165, 1.54) is 0 Å². The Morgan fingerprint density at radius 2 is 1.38 bits per heavy atom.